The minimum Gasteiger partial charge on any atom is -0.0622 e. The Bertz CT molecular complexity index is 3400. The maximum absolute atomic E-state index is 2.46. The molecule has 0 unspecified atom stereocenters. The third-order valence-corrected chi connectivity index (χ3v) is 12.8. The van der Waals surface area contributed by atoms with Crippen LogP contribution in [0.4, 0.5) is 0 Å². The van der Waals surface area contributed by atoms with Crippen LogP contribution in [0, 0.1) is 0 Å². The lowest BCUT2D eigenvalue weighted by Gasteiger charge is -2.19. The third kappa shape index (κ3) is 5.99. The van der Waals surface area contributed by atoms with Gasteiger partial charge in [-0.05, 0) is 145 Å². The first-order valence-electron chi connectivity index (χ1n) is 21.5. The molecule has 12 aromatic carbocycles. The molecule has 0 spiro atoms. The van der Waals surface area contributed by atoms with E-state index >= 15 is 0 Å². The monoisotopic (exact) mass is 784 g/mol. The third-order valence-electron chi connectivity index (χ3n) is 12.8. The highest BCUT2D eigenvalue weighted by Gasteiger charge is 2.19. The second-order valence-electron chi connectivity index (χ2n) is 16.3. The van der Waals surface area contributed by atoms with Crippen molar-refractivity contribution in [3.63, 3.8) is 0 Å². The fourth-order valence-electron chi connectivity index (χ4n) is 9.93. The van der Waals surface area contributed by atoms with Crippen molar-refractivity contribution in [1.29, 1.82) is 0 Å². The summed E-state index contributed by atoms with van der Waals surface area (Å²) >= 11 is 0. The Morgan fingerprint density at radius 2 is 0.452 bits per heavy atom. The number of hydrogen-bond acceptors (Lipinski definition) is 0. The van der Waals surface area contributed by atoms with Gasteiger partial charge in [0.15, 0.2) is 0 Å². The van der Waals surface area contributed by atoms with E-state index in [0.29, 0.717) is 0 Å². The predicted octanol–water partition coefficient (Wildman–Crippen LogP) is 17.5. The van der Waals surface area contributed by atoms with Gasteiger partial charge in [0.25, 0.3) is 0 Å². The van der Waals surface area contributed by atoms with Gasteiger partial charge in [-0.2, -0.15) is 0 Å². The summed E-state index contributed by atoms with van der Waals surface area (Å²) in [6.07, 6.45) is 0. The van der Waals surface area contributed by atoms with Gasteiger partial charge >= 0.3 is 0 Å². The second-order valence-corrected chi connectivity index (χ2v) is 16.3. The van der Waals surface area contributed by atoms with E-state index in [-0.39, 0.29) is 0 Å². The SMILES string of the molecule is c1ccc(-c2ccc(-c3ccc4c5ccccc5c5c6cc(-c7ccc(-c8ccccc8)cc7-c7ccccc7)ccc6c6ccccc6c5c4c3)c(-c3ccccc3)c2)cc1. The van der Waals surface area contributed by atoms with E-state index in [1.54, 1.807) is 0 Å². The van der Waals surface area contributed by atoms with E-state index in [2.05, 4.69) is 243 Å². The Morgan fingerprint density at radius 3 is 0.839 bits per heavy atom. The van der Waals surface area contributed by atoms with E-state index in [4.69, 9.17) is 0 Å². The number of rotatable bonds is 6. The van der Waals surface area contributed by atoms with E-state index in [0.717, 1.165) is 0 Å². The summed E-state index contributed by atoms with van der Waals surface area (Å²) in [5.74, 6) is 0. The molecule has 0 radical (unpaired) electrons. The van der Waals surface area contributed by atoms with Crippen LogP contribution in [0.15, 0.2) is 243 Å². The molecule has 0 nitrogen and oxygen atoms in total. The first-order valence-corrected chi connectivity index (χ1v) is 21.5. The molecular formula is C62H40. The van der Waals surface area contributed by atoms with Gasteiger partial charge in [0.05, 0.1) is 0 Å². The fourth-order valence-corrected chi connectivity index (χ4v) is 9.93. The molecule has 12 aromatic rings. The molecule has 0 saturated carbocycles. The van der Waals surface area contributed by atoms with Gasteiger partial charge in [0.1, 0.15) is 0 Å². The maximum atomic E-state index is 2.46. The Hall–Kier alpha value is -8.06. The van der Waals surface area contributed by atoms with Crippen LogP contribution in [-0.4, -0.2) is 0 Å². The molecule has 0 heteroatoms. The van der Waals surface area contributed by atoms with E-state index in [1.165, 1.54) is 121 Å². The normalized spacial score (nSPS) is 11.5. The van der Waals surface area contributed by atoms with Crippen molar-refractivity contribution in [1.82, 2.24) is 0 Å². The van der Waals surface area contributed by atoms with Gasteiger partial charge in [-0.3, -0.25) is 0 Å². The van der Waals surface area contributed by atoms with E-state index in [1.807, 2.05) is 0 Å². The molecule has 0 aliphatic heterocycles. The van der Waals surface area contributed by atoms with Crippen LogP contribution in [0.3, 0.4) is 0 Å². The van der Waals surface area contributed by atoms with Crippen LogP contribution >= 0.6 is 0 Å². The van der Waals surface area contributed by atoms with E-state index in [9.17, 15) is 0 Å². The average molecular weight is 785 g/mol. The predicted molar refractivity (Wildman–Crippen MR) is 267 cm³/mol. The summed E-state index contributed by atoms with van der Waals surface area (Å²) in [6.45, 7) is 0. The lowest BCUT2D eigenvalue weighted by atomic mass is 9.84. The minimum absolute atomic E-state index is 1.21. The fraction of sp³-hybridized carbons (Fsp3) is 0. The molecule has 0 aliphatic rings. The van der Waals surface area contributed by atoms with Crippen LogP contribution in [-0.2, 0) is 0 Å². The minimum atomic E-state index is 1.21. The molecule has 0 saturated heterocycles. The standard InChI is InChI=1S/C62H40/c1-5-17-41(18-6-1)45-29-33-49(57(37-45)43-21-9-3-10-22-43)47-31-35-53-51-25-13-16-28-56(51)62-60-40-48(32-36-54(60)52-26-14-15-27-55(52)61(62)59(53)39-47)50-34-30-46(42-19-7-2-8-20-42)38-58(50)44-23-11-4-12-24-44/h1-40H. The highest BCUT2D eigenvalue weighted by Crippen LogP contribution is 2.47. The number of benzene rings is 12. The lowest BCUT2D eigenvalue weighted by Crippen LogP contribution is -1.92. The molecule has 0 amide bonds. The van der Waals surface area contributed by atoms with Gasteiger partial charge in [-0.15, -0.1) is 0 Å². The molecule has 12 rings (SSSR count). The molecule has 0 aliphatic carbocycles. The Morgan fingerprint density at radius 1 is 0.145 bits per heavy atom. The Labute approximate surface area is 361 Å². The zero-order valence-electron chi connectivity index (χ0n) is 34.1. The molecular weight excluding hydrogens is 745 g/mol. The summed E-state index contributed by atoms with van der Waals surface area (Å²) in [5.41, 5.74) is 14.6. The maximum Gasteiger partial charge on any atom is -0.00137 e. The first-order chi connectivity index (χ1) is 30.8. The first kappa shape index (κ1) is 35.8. The number of fused-ring (bicyclic) bond motifs is 11. The molecule has 288 valence electrons. The summed E-state index contributed by atoms with van der Waals surface area (Å²) < 4.78 is 0. The highest BCUT2D eigenvalue weighted by molar-refractivity contribution is 6.39. The zero-order valence-corrected chi connectivity index (χ0v) is 34.1. The van der Waals surface area contributed by atoms with E-state index < -0.39 is 0 Å². The van der Waals surface area contributed by atoms with Crippen LogP contribution in [0.2, 0.25) is 0 Å². The summed E-state index contributed by atoms with van der Waals surface area (Å²) in [5, 5.41) is 12.7. The van der Waals surface area contributed by atoms with Gasteiger partial charge in [-0.1, -0.05) is 218 Å². The quantitative estimate of drug-likeness (QED) is 0.147. The van der Waals surface area contributed by atoms with Crippen molar-refractivity contribution in [2.24, 2.45) is 0 Å². The van der Waals surface area contributed by atoms with Gasteiger partial charge < -0.3 is 0 Å². The smallest absolute Gasteiger partial charge is 0.00137 e. The Kier molecular flexibility index (Phi) is 8.61. The average Bonchev–Trinajstić information content (AvgIpc) is 3.36. The Balaban J connectivity index is 1.15. The lowest BCUT2D eigenvalue weighted by molar-refractivity contribution is 1.57. The number of hydrogen-bond donors (Lipinski definition) is 0. The largest absolute Gasteiger partial charge is 0.0622 e. The van der Waals surface area contributed by atoms with Crippen molar-refractivity contribution < 1.29 is 0 Å². The van der Waals surface area contributed by atoms with Crippen molar-refractivity contribution in [2.75, 3.05) is 0 Å². The highest BCUT2D eigenvalue weighted by atomic mass is 14.2. The van der Waals surface area contributed by atoms with Crippen molar-refractivity contribution in [3.8, 4) is 66.8 Å². The van der Waals surface area contributed by atoms with Crippen LogP contribution < -0.4 is 0 Å². The van der Waals surface area contributed by atoms with Crippen molar-refractivity contribution >= 4 is 53.9 Å². The van der Waals surface area contributed by atoms with Crippen LogP contribution in [0.1, 0.15) is 0 Å². The van der Waals surface area contributed by atoms with Gasteiger partial charge in [0, 0.05) is 0 Å². The molecule has 0 heterocycles. The van der Waals surface area contributed by atoms with Crippen LogP contribution in [0.5, 0.6) is 0 Å². The molecule has 62 heavy (non-hydrogen) atoms. The van der Waals surface area contributed by atoms with Crippen molar-refractivity contribution in [3.05, 3.63) is 243 Å². The zero-order chi connectivity index (χ0) is 41.0. The molecule has 0 fully saturated rings. The summed E-state index contributed by atoms with van der Waals surface area (Å²) in [4.78, 5) is 0. The molecule has 0 atom stereocenters. The van der Waals surface area contributed by atoms with Gasteiger partial charge in [-0.25, -0.2) is 0 Å². The topological polar surface area (TPSA) is 0 Å². The molecule has 0 N–H and O–H groups in total. The molecule has 0 aromatic heterocycles. The summed E-state index contributed by atoms with van der Waals surface area (Å²) in [6, 6.07) is 89.4. The molecule has 0 bridgehead atoms. The van der Waals surface area contributed by atoms with Gasteiger partial charge in [0.2, 0.25) is 0 Å². The van der Waals surface area contributed by atoms with Crippen molar-refractivity contribution in [2.45, 2.75) is 0 Å². The van der Waals surface area contributed by atoms with Crippen LogP contribution in [0.25, 0.3) is 121 Å². The second kappa shape index (κ2) is 14.9. The summed E-state index contributed by atoms with van der Waals surface area (Å²) in [7, 11) is 0.